The van der Waals surface area contributed by atoms with Gasteiger partial charge in [-0.2, -0.15) is 0 Å². The summed E-state index contributed by atoms with van der Waals surface area (Å²) in [5.41, 5.74) is 0.630. The van der Waals surface area contributed by atoms with E-state index >= 15 is 0 Å². The van der Waals surface area contributed by atoms with Gasteiger partial charge in [-0.25, -0.2) is 4.98 Å². The van der Waals surface area contributed by atoms with Crippen LogP contribution in [0.2, 0.25) is 0 Å². The van der Waals surface area contributed by atoms with Crippen LogP contribution in [0.15, 0.2) is 27.7 Å². The molecule has 4 nitrogen and oxygen atoms in total. The Kier molecular flexibility index (Phi) is 1.04. The summed E-state index contributed by atoms with van der Waals surface area (Å²) in [6.45, 7) is 0. The van der Waals surface area contributed by atoms with Crippen LogP contribution in [0.25, 0.3) is 11.5 Å². The molecule has 0 saturated carbocycles. The molecule has 0 aromatic carbocycles. The van der Waals surface area contributed by atoms with E-state index in [1.54, 1.807) is 6.20 Å². The number of oxazole rings is 1. The molecule has 0 bridgehead atoms. The highest BCUT2D eigenvalue weighted by molar-refractivity contribution is 5.47. The highest BCUT2D eigenvalue weighted by Crippen LogP contribution is 2.13. The third kappa shape index (κ3) is 0.699. The van der Waals surface area contributed by atoms with Gasteiger partial charge in [0.25, 0.3) is 0 Å². The summed E-state index contributed by atoms with van der Waals surface area (Å²) in [7, 11) is 0. The van der Waals surface area contributed by atoms with Crippen LogP contribution in [0.4, 0.5) is 0 Å². The molecule has 0 fully saturated rings. The first-order valence-corrected chi connectivity index (χ1v) is 2.69. The van der Waals surface area contributed by atoms with Crippen molar-refractivity contribution in [3.63, 3.8) is 0 Å². The van der Waals surface area contributed by atoms with Gasteiger partial charge in [0, 0.05) is 0 Å². The van der Waals surface area contributed by atoms with Gasteiger partial charge in [0.2, 0.25) is 5.89 Å². The molecular weight excluding hydrogens is 132 g/mol. The summed E-state index contributed by atoms with van der Waals surface area (Å²) in [6.07, 6.45) is 7.02. The topological polar surface area (TPSA) is 52.1 Å². The van der Waals surface area contributed by atoms with Crippen LogP contribution in [-0.4, -0.2) is 10.1 Å². The third-order valence-electron chi connectivity index (χ3n) is 1.05. The van der Waals surface area contributed by atoms with Crippen molar-refractivity contribution < 1.29 is 8.94 Å². The average Bonchev–Trinajstić information content (AvgIpc) is 2.59. The molecule has 4 heteroatoms. The average molecular weight is 135 g/mol. The maximum absolute atomic E-state index is 4.94. The fourth-order valence-electron chi connectivity index (χ4n) is 0.636. The molecule has 2 aromatic rings. The van der Waals surface area contributed by atoms with Crippen molar-refractivity contribution in [2.75, 3.05) is 0 Å². The Balaban J connectivity index is 2.48. The lowest BCUT2D eigenvalue weighted by Gasteiger charge is -1.79. The van der Waals surface area contributed by atoms with Gasteiger partial charge in [0.05, 0.1) is 6.20 Å². The second-order valence-corrected chi connectivity index (χ2v) is 1.68. The quantitative estimate of drug-likeness (QED) is 0.588. The summed E-state index contributed by atoms with van der Waals surface area (Å²) in [5, 5.41) is 3.38. The summed E-state index contributed by atoms with van der Waals surface area (Å²) < 4.78 is 9.47. The lowest BCUT2D eigenvalue weighted by molar-refractivity contribution is 0.418. The van der Waals surface area contributed by atoms with Crippen molar-refractivity contribution in [2.45, 2.75) is 0 Å². The van der Waals surface area contributed by atoms with Gasteiger partial charge in [-0.3, -0.25) is 0 Å². The zero-order valence-corrected chi connectivity index (χ0v) is 4.94. The van der Waals surface area contributed by atoms with Gasteiger partial charge >= 0.3 is 0 Å². The highest BCUT2D eigenvalue weighted by atomic mass is 16.5. The highest BCUT2D eigenvalue weighted by Gasteiger charge is 2.03. The first-order valence-electron chi connectivity index (χ1n) is 2.69. The van der Waals surface area contributed by atoms with E-state index < -0.39 is 0 Å². The number of hydrogen-bond donors (Lipinski definition) is 0. The fourth-order valence-corrected chi connectivity index (χ4v) is 0.636. The van der Waals surface area contributed by atoms with Crippen LogP contribution in [0.3, 0.4) is 0 Å². The summed E-state index contributed by atoms with van der Waals surface area (Å²) in [4.78, 5) is 3.86. The molecule has 0 unspecified atom stereocenters. The molecular formula is C6H3N2O2. The van der Waals surface area contributed by atoms with Gasteiger partial charge in [0.1, 0.15) is 24.3 Å². The Hall–Kier alpha value is -1.58. The summed E-state index contributed by atoms with van der Waals surface area (Å²) in [6, 6.07) is 0. The second-order valence-electron chi connectivity index (χ2n) is 1.68. The first-order chi connectivity index (χ1) is 4.97. The van der Waals surface area contributed by atoms with Crippen LogP contribution >= 0.6 is 0 Å². The van der Waals surface area contributed by atoms with Crippen LogP contribution < -0.4 is 0 Å². The van der Waals surface area contributed by atoms with Crippen molar-refractivity contribution in [2.24, 2.45) is 0 Å². The standard InChI is InChI=1S/C6H3N2O2/c1-2-9-6(7-1)5-3-8-10-4-5/h1-2,4H. The predicted octanol–water partition coefficient (Wildman–Crippen LogP) is 1.13. The molecule has 2 rings (SSSR count). The van der Waals surface area contributed by atoms with Crippen LogP contribution in [-0.2, 0) is 0 Å². The fraction of sp³-hybridized carbons (Fsp3) is 0. The van der Waals surface area contributed by atoms with Crippen molar-refractivity contribution in [1.29, 1.82) is 0 Å². The van der Waals surface area contributed by atoms with Crippen molar-refractivity contribution in [1.82, 2.24) is 10.1 Å². The molecule has 2 aromatic heterocycles. The molecule has 1 radical (unpaired) electrons. The molecule has 0 spiro atoms. The van der Waals surface area contributed by atoms with Crippen molar-refractivity contribution in [3.05, 3.63) is 24.9 Å². The molecule has 2 heterocycles. The molecule has 0 saturated heterocycles. The predicted molar refractivity (Wildman–Crippen MR) is 30.8 cm³/mol. The zero-order chi connectivity index (χ0) is 6.81. The molecule has 0 atom stereocenters. The number of aromatic nitrogens is 2. The second kappa shape index (κ2) is 1.98. The van der Waals surface area contributed by atoms with Crippen LogP contribution in [0.1, 0.15) is 0 Å². The Morgan fingerprint density at radius 1 is 1.50 bits per heavy atom. The van der Waals surface area contributed by atoms with Gasteiger partial charge in [-0.15, -0.1) is 0 Å². The molecule has 0 aliphatic carbocycles. The molecule has 49 valence electrons. The van der Waals surface area contributed by atoms with Crippen molar-refractivity contribution >= 4 is 0 Å². The normalized spacial score (nSPS) is 10.0. The zero-order valence-electron chi connectivity index (χ0n) is 4.94. The van der Waals surface area contributed by atoms with E-state index in [1.165, 1.54) is 12.5 Å². The first kappa shape index (κ1) is 5.22. The monoisotopic (exact) mass is 135 g/mol. The Labute approximate surface area is 56.5 Å². The minimum Gasteiger partial charge on any atom is -0.444 e. The van der Waals surface area contributed by atoms with E-state index in [9.17, 15) is 0 Å². The lowest BCUT2D eigenvalue weighted by atomic mass is 10.4. The van der Waals surface area contributed by atoms with Gasteiger partial charge in [-0.1, -0.05) is 5.16 Å². The van der Waals surface area contributed by atoms with Gasteiger partial charge in [-0.05, 0) is 0 Å². The van der Waals surface area contributed by atoms with E-state index in [1.807, 2.05) is 0 Å². The van der Waals surface area contributed by atoms with E-state index in [-0.39, 0.29) is 0 Å². The number of hydrogen-bond acceptors (Lipinski definition) is 4. The Bertz CT molecular complexity index is 253. The molecule has 0 aliphatic rings. The van der Waals surface area contributed by atoms with Gasteiger partial charge < -0.3 is 8.94 Å². The Morgan fingerprint density at radius 3 is 3.10 bits per heavy atom. The Morgan fingerprint density at radius 2 is 2.50 bits per heavy atom. The maximum Gasteiger partial charge on any atom is 0.231 e. The van der Waals surface area contributed by atoms with E-state index in [4.69, 9.17) is 4.42 Å². The SMILES string of the molecule is [c]1nocc1-c1ncco1. The number of rotatable bonds is 1. The molecule has 0 amide bonds. The van der Waals surface area contributed by atoms with Crippen LogP contribution in [0, 0.1) is 6.20 Å². The maximum atomic E-state index is 4.94. The van der Waals surface area contributed by atoms with E-state index in [0.717, 1.165) is 0 Å². The largest absolute Gasteiger partial charge is 0.444 e. The summed E-state index contributed by atoms with van der Waals surface area (Å²) >= 11 is 0. The summed E-state index contributed by atoms with van der Waals surface area (Å²) in [5.74, 6) is 0.473. The molecule has 0 N–H and O–H groups in total. The minimum atomic E-state index is 0.473. The molecule has 10 heavy (non-hydrogen) atoms. The number of nitrogens with zero attached hydrogens (tertiary/aromatic N) is 2. The lowest BCUT2D eigenvalue weighted by Crippen LogP contribution is -1.69. The van der Waals surface area contributed by atoms with Crippen LogP contribution in [0.5, 0.6) is 0 Å². The third-order valence-corrected chi connectivity index (χ3v) is 1.05. The van der Waals surface area contributed by atoms with E-state index in [0.29, 0.717) is 11.5 Å². The van der Waals surface area contributed by atoms with Crippen molar-refractivity contribution in [3.8, 4) is 11.5 Å². The van der Waals surface area contributed by atoms with E-state index in [2.05, 4.69) is 20.9 Å². The molecule has 0 aliphatic heterocycles. The smallest absolute Gasteiger partial charge is 0.231 e. The minimum absolute atomic E-state index is 0.473. The van der Waals surface area contributed by atoms with Gasteiger partial charge in [0.15, 0.2) is 0 Å².